The molecule has 0 unspecified atom stereocenters. The molecule has 0 bridgehead atoms. The van der Waals surface area contributed by atoms with Crippen LogP contribution in [0.5, 0.6) is 0 Å². The molecule has 0 N–H and O–H groups in total. The second-order valence-corrected chi connectivity index (χ2v) is 19.8. The summed E-state index contributed by atoms with van der Waals surface area (Å²) in [5.41, 5.74) is 23.8. The number of para-hydroxylation sites is 3. The van der Waals surface area contributed by atoms with Crippen molar-refractivity contribution in [2.75, 3.05) is 0 Å². The highest BCUT2D eigenvalue weighted by molar-refractivity contribution is 6.09. The molecule has 11 aromatic rings. The summed E-state index contributed by atoms with van der Waals surface area (Å²) in [5.74, 6) is 0. The molecule has 0 saturated heterocycles. The van der Waals surface area contributed by atoms with Crippen molar-refractivity contribution in [1.29, 1.82) is 0 Å². The van der Waals surface area contributed by atoms with Gasteiger partial charge in [-0.1, -0.05) is 239 Å². The van der Waals surface area contributed by atoms with Crippen LogP contribution >= 0.6 is 0 Å². The molecule has 376 valence electrons. The fourth-order valence-corrected chi connectivity index (χ4v) is 10.8. The fraction of sp³-hybridized carbons (Fsp3) is 0.0526. The Morgan fingerprint density at radius 3 is 1.59 bits per heavy atom. The highest BCUT2D eigenvalue weighted by Crippen LogP contribution is 2.36. The lowest BCUT2D eigenvalue weighted by Gasteiger charge is -2.13. The van der Waals surface area contributed by atoms with E-state index in [1.807, 2.05) is 6.08 Å². The van der Waals surface area contributed by atoms with Crippen molar-refractivity contribution in [3.05, 3.63) is 326 Å². The van der Waals surface area contributed by atoms with Gasteiger partial charge in [0, 0.05) is 38.8 Å². The lowest BCUT2D eigenvalue weighted by molar-refractivity contribution is 0.957. The molecule has 0 aliphatic rings. The highest BCUT2D eigenvalue weighted by atomic mass is 15.0. The molecular weight excluding hydrogens is 941 g/mol. The number of rotatable bonds is 16. The first kappa shape index (κ1) is 50.4. The van der Waals surface area contributed by atoms with E-state index in [2.05, 4.69) is 317 Å². The van der Waals surface area contributed by atoms with Crippen molar-refractivity contribution < 1.29 is 0 Å². The Hall–Kier alpha value is -9.76. The SMILES string of the molecule is C=C(/C=C\C=C(/C)c1cccc(-c2cccc(-c3ccccc3)c2)c1)C(=C)/C=C\C(=C/C)c1cccc(-c2cccc(-n3c(CC)c(/C=C\C(=C)c4ccc(-n5c6ccccc6c6ccccc65)cc4)c4ccccc43)c2)c1. The summed E-state index contributed by atoms with van der Waals surface area (Å²) in [6, 6.07) is 80.5. The van der Waals surface area contributed by atoms with Gasteiger partial charge < -0.3 is 9.13 Å². The van der Waals surface area contributed by atoms with Crippen LogP contribution < -0.4 is 0 Å². The van der Waals surface area contributed by atoms with Gasteiger partial charge in [-0.25, -0.2) is 0 Å². The molecular formula is C76H62N2. The third-order valence-corrected chi connectivity index (χ3v) is 15.0. The molecule has 0 aliphatic carbocycles. The van der Waals surface area contributed by atoms with Crippen LogP contribution in [0, 0.1) is 0 Å². The average Bonchev–Trinajstić information content (AvgIpc) is 4.11. The Morgan fingerprint density at radius 1 is 0.423 bits per heavy atom. The maximum absolute atomic E-state index is 4.55. The summed E-state index contributed by atoms with van der Waals surface area (Å²) < 4.78 is 4.78. The number of allylic oxidation sites excluding steroid dienone is 12. The van der Waals surface area contributed by atoms with E-state index < -0.39 is 0 Å². The molecule has 0 amide bonds. The number of hydrogen-bond donors (Lipinski definition) is 0. The summed E-state index contributed by atoms with van der Waals surface area (Å²) >= 11 is 0. The predicted molar refractivity (Wildman–Crippen MR) is 338 cm³/mol. The summed E-state index contributed by atoms with van der Waals surface area (Å²) in [6.07, 6.45) is 17.9. The van der Waals surface area contributed by atoms with E-state index in [1.54, 1.807) is 0 Å². The quantitative estimate of drug-likeness (QED) is 0.0854. The Bertz CT molecular complexity index is 4180. The summed E-state index contributed by atoms with van der Waals surface area (Å²) in [7, 11) is 0. The van der Waals surface area contributed by atoms with E-state index in [1.165, 1.54) is 77.4 Å². The number of fused-ring (bicyclic) bond motifs is 4. The standard InChI is InChI=1S/C76H62N2/c1-7-57(43-41-54(4)53(3)23-18-24-55(5)60-27-19-30-63(49-60)64-31-21-29-62(51-64)59-25-10-9-11-26-59)61-28-20-32-65(50-61)66-33-22-34-68(52-66)78-73(8-2)72(71-37-14-17-40-76(71)78)48-42-56(6)58-44-46-67(47-45-58)77-74-38-15-12-35-69(74)70-36-13-16-39-75(70)77/h7,9-52H,3-4,6,8H2,1-2,5H3/b23-18-,43-41-,48-42-,55-24+,57-7+. The second kappa shape index (κ2) is 22.6. The molecule has 9 aromatic carbocycles. The Labute approximate surface area is 459 Å². The van der Waals surface area contributed by atoms with E-state index in [0.717, 1.165) is 62.3 Å². The number of benzene rings is 9. The lowest BCUT2D eigenvalue weighted by Crippen LogP contribution is -2.00. The molecule has 2 aromatic heterocycles. The first-order chi connectivity index (χ1) is 38.3. The lowest BCUT2D eigenvalue weighted by atomic mass is 9.96. The molecule has 0 saturated carbocycles. The number of nitrogens with zero attached hydrogens (tertiary/aromatic N) is 2. The van der Waals surface area contributed by atoms with Crippen LogP contribution in [-0.2, 0) is 6.42 Å². The van der Waals surface area contributed by atoms with Gasteiger partial charge in [-0.05, 0) is 159 Å². The van der Waals surface area contributed by atoms with Gasteiger partial charge in [0.05, 0.1) is 16.6 Å². The molecule has 0 spiro atoms. The molecule has 0 aliphatic heterocycles. The topological polar surface area (TPSA) is 9.86 Å². The van der Waals surface area contributed by atoms with E-state index in [4.69, 9.17) is 0 Å². The van der Waals surface area contributed by atoms with Crippen LogP contribution in [-0.4, -0.2) is 9.13 Å². The van der Waals surface area contributed by atoms with Crippen LogP contribution in [0.25, 0.3) is 100 Å². The van der Waals surface area contributed by atoms with Crippen molar-refractivity contribution in [2.24, 2.45) is 0 Å². The number of hydrogen-bond acceptors (Lipinski definition) is 0. The van der Waals surface area contributed by atoms with E-state index in [0.29, 0.717) is 0 Å². The minimum atomic E-state index is 0.856. The zero-order valence-corrected chi connectivity index (χ0v) is 44.7. The van der Waals surface area contributed by atoms with E-state index in [9.17, 15) is 0 Å². The van der Waals surface area contributed by atoms with Gasteiger partial charge in [-0.15, -0.1) is 0 Å². The van der Waals surface area contributed by atoms with E-state index in [-0.39, 0.29) is 0 Å². The molecule has 78 heavy (non-hydrogen) atoms. The normalized spacial score (nSPS) is 12.2. The molecule has 2 heterocycles. The first-order valence-electron chi connectivity index (χ1n) is 26.9. The van der Waals surface area contributed by atoms with E-state index >= 15 is 0 Å². The van der Waals surface area contributed by atoms with Gasteiger partial charge in [0.15, 0.2) is 0 Å². The molecule has 2 heteroatoms. The summed E-state index contributed by atoms with van der Waals surface area (Å²) in [4.78, 5) is 0. The molecule has 11 rings (SSSR count). The zero-order valence-electron chi connectivity index (χ0n) is 44.7. The maximum atomic E-state index is 4.55. The van der Waals surface area contributed by atoms with Crippen LogP contribution in [0.3, 0.4) is 0 Å². The van der Waals surface area contributed by atoms with Gasteiger partial charge in [0.25, 0.3) is 0 Å². The molecule has 0 atom stereocenters. The largest absolute Gasteiger partial charge is 0.313 e. The van der Waals surface area contributed by atoms with Crippen LogP contribution in [0.2, 0.25) is 0 Å². The first-order valence-corrected chi connectivity index (χ1v) is 26.9. The number of aromatic nitrogens is 2. The minimum absolute atomic E-state index is 0.856. The van der Waals surface area contributed by atoms with Gasteiger partial charge in [-0.3, -0.25) is 0 Å². The van der Waals surface area contributed by atoms with Gasteiger partial charge in [0.2, 0.25) is 0 Å². The van der Waals surface area contributed by atoms with Crippen molar-refractivity contribution in [3.8, 4) is 44.8 Å². The van der Waals surface area contributed by atoms with Crippen molar-refractivity contribution >= 4 is 55.5 Å². The second-order valence-electron chi connectivity index (χ2n) is 19.8. The van der Waals surface area contributed by atoms with Gasteiger partial charge in [0.1, 0.15) is 0 Å². The van der Waals surface area contributed by atoms with Crippen molar-refractivity contribution in [3.63, 3.8) is 0 Å². The Balaban J connectivity index is 0.781. The van der Waals surface area contributed by atoms with Crippen LogP contribution in [0.4, 0.5) is 0 Å². The van der Waals surface area contributed by atoms with Crippen LogP contribution in [0.1, 0.15) is 48.7 Å². The fourth-order valence-electron chi connectivity index (χ4n) is 10.8. The third kappa shape index (κ3) is 10.3. The van der Waals surface area contributed by atoms with Gasteiger partial charge in [-0.2, -0.15) is 0 Å². The smallest absolute Gasteiger partial charge is 0.0541 e. The highest BCUT2D eigenvalue weighted by Gasteiger charge is 2.17. The molecule has 2 nitrogen and oxygen atoms in total. The summed E-state index contributed by atoms with van der Waals surface area (Å²) in [6.45, 7) is 19.8. The van der Waals surface area contributed by atoms with Gasteiger partial charge >= 0.3 is 0 Å². The predicted octanol–water partition coefficient (Wildman–Crippen LogP) is 20.7. The van der Waals surface area contributed by atoms with Crippen molar-refractivity contribution in [1.82, 2.24) is 9.13 Å². The maximum Gasteiger partial charge on any atom is 0.0541 e. The molecule has 0 fully saturated rings. The Kier molecular flexibility index (Phi) is 14.6. The third-order valence-electron chi connectivity index (χ3n) is 15.0. The van der Waals surface area contributed by atoms with Crippen LogP contribution in [0.15, 0.2) is 298 Å². The molecule has 0 radical (unpaired) electrons. The minimum Gasteiger partial charge on any atom is -0.313 e. The van der Waals surface area contributed by atoms with Crippen molar-refractivity contribution in [2.45, 2.75) is 27.2 Å². The Morgan fingerprint density at radius 2 is 0.936 bits per heavy atom. The summed E-state index contributed by atoms with van der Waals surface area (Å²) in [5, 5.41) is 3.73. The average molecular weight is 1000 g/mol. The monoisotopic (exact) mass is 1000 g/mol. The zero-order chi connectivity index (χ0) is 53.5.